The molecule has 1 aliphatic heterocycles. The molecule has 0 amide bonds. The van der Waals surface area contributed by atoms with Crippen LogP contribution in [0.25, 0.3) is 10.9 Å². The van der Waals surface area contributed by atoms with E-state index in [4.69, 9.17) is 0 Å². The third-order valence-corrected chi connectivity index (χ3v) is 10.7. The second-order valence-electron chi connectivity index (χ2n) is 13.4. The fraction of sp³-hybridized carbons (Fsp3) is 0.568. The standard InChI is InChI=1S/C37H49N3O2/c41-37(42)27-40(33-15-5-2-6-16-33)34-23-32(35(24-34)30-12-3-1-4-13-30)26-39-20-18-28(19-21-39)10-9-11-29-22-31-14-7-8-17-36(31)38-25-29/h1,3-4,7-8,12-14,17,22,25,28,32-35H,2,5-6,9-11,15-16,18-21,23-24,26-27H2,(H,41,42)/t32-,34?,35-/m1/s1. The Morgan fingerprint density at radius 2 is 1.67 bits per heavy atom. The summed E-state index contributed by atoms with van der Waals surface area (Å²) in [4.78, 5) is 21.7. The number of hydrogen-bond acceptors (Lipinski definition) is 4. The largest absolute Gasteiger partial charge is 0.480 e. The number of likely N-dealkylation sites (tertiary alicyclic amines) is 1. The van der Waals surface area contributed by atoms with E-state index < -0.39 is 5.97 Å². The predicted molar refractivity (Wildman–Crippen MR) is 171 cm³/mol. The minimum atomic E-state index is -0.667. The van der Waals surface area contributed by atoms with Gasteiger partial charge in [-0.3, -0.25) is 14.7 Å². The van der Waals surface area contributed by atoms with Crippen LogP contribution in [0.4, 0.5) is 0 Å². The molecule has 224 valence electrons. The number of carboxylic acid groups (broad SMARTS) is 1. The van der Waals surface area contributed by atoms with Crippen molar-refractivity contribution in [2.75, 3.05) is 26.2 Å². The van der Waals surface area contributed by atoms with Crippen LogP contribution in [0.2, 0.25) is 0 Å². The smallest absolute Gasteiger partial charge is 0.317 e. The van der Waals surface area contributed by atoms with E-state index in [0.29, 0.717) is 23.9 Å². The van der Waals surface area contributed by atoms with Gasteiger partial charge in [-0.05, 0) is 105 Å². The van der Waals surface area contributed by atoms with E-state index in [0.717, 1.165) is 50.1 Å². The summed E-state index contributed by atoms with van der Waals surface area (Å²) >= 11 is 0. The van der Waals surface area contributed by atoms with Crippen LogP contribution in [0.15, 0.2) is 66.9 Å². The van der Waals surface area contributed by atoms with Crippen LogP contribution >= 0.6 is 0 Å². The van der Waals surface area contributed by atoms with E-state index in [-0.39, 0.29) is 6.54 Å². The number of benzene rings is 2. The molecule has 3 aliphatic rings. The van der Waals surface area contributed by atoms with Crippen LogP contribution < -0.4 is 0 Å². The van der Waals surface area contributed by atoms with E-state index in [9.17, 15) is 9.90 Å². The van der Waals surface area contributed by atoms with Crippen molar-refractivity contribution in [2.24, 2.45) is 11.8 Å². The Kier molecular flexibility index (Phi) is 9.87. The van der Waals surface area contributed by atoms with Crippen molar-refractivity contribution in [3.63, 3.8) is 0 Å². The van der Waals surface area contributed by atoms with Crippen molar-refractivity contribution in [3.05, 3.63) is 78.0 Å². The van der Waals surface area contributed by atoms with Crippen molar-refractivity contribution in [1.82, 2.24) is 14.8 Å². The molecule has 0 radical (unpaired) electrons. The maximum Gasteiger partial charge on any atom is 0.317 e. The summed E-state index contributed by atoms with van der Waals surface area (Å²) < 4.78 is 0. The summed E-state index contributed by atoms with van der Waals surface area (Å²) in [6.07, 6.45) is 16.7. The minimum Gasteiger partial charge on any atom is -0.480 e. The van der Waals surface area contributed by atoms with Gasteiger partial charge in [0.25, 0.3) is 0 Å². The Morgan fingerprint density at radius 3 is 2.45 bits per heavy atom. The van der Waals surface area contributed by atoms with Crippen molar-refractivity contribution in [2.45, 2.75) is 95.1 Å². The highest BCUT2D eigenvalue weighted by molar-refractivity contribution is 5.78. The molecule has 1 aromatic heterocycles. The number of carbonyl (C=O) groups is 1. The zero-order chi connectivity index (χ0) is 28.7. The summed E-state index contributed by atoms with van der Waals surface area (Å²) in [5.74, 6) is 1.27. The number of piperidine rings is 1. The van der Waals surface area contributed by atoms with E-state index in [1.165, 1.54) is 74.5 Å². The number of rotatable bonds is 11. The molecule has 3 fully saturated rings. The highest BCUT2D eigenvalue weighted by atomic mass is 16.4. The van der Waals surface area contributed by atoms with E-state index in [1.807, 2.05) is 0 Å². The maximum atomic E-state index is 11.9. The third kappa shape index (κ3) is 7.41. The van der Waals surface area contributed by atoms with Gasteiger partial charge in [0, 0.05) is 30.2 Å². The molecule has 5 heteroatoms. The number of hydrogen-bond donors (Lipinski definition) is 1. The van der Waals surface area contributed by atoms with Crippen LogP contribution in [0.3, 0.4) is 0 Å². The van der Waals surface area contributed by atoms with Gasteiger partial charge in [-0.15, -0.1) is 0 Å². The Labute approximate surface area is 252 Å². The molecule has 2 aliphatic carbocycles. The normalized spacial score (nSPS) is 24.5. The molecule has 42 heavy (non-hydrogen) atoms. The van der Waals surface area contributed by atoms with Gasteiger partial charge in [-0.25, -0.2) is 0 Å². The zero-order valence-electron chi connectivity index (χ0n) is 25.2. The van der Waals surface area contributed by atoms with Crippen molar-refractivity contribution in [3.8, 4) is 0 Å². The third-order valence-electron chi connectivity index (χ3n) is 10.7. The Hall–Kier alpha value is -2.76. The first kappa shape index (κ1) is 29.3. The summed E-state index contributed by atoms with van der Waals surface area (Å²) in [6, 6.07) is 22.6. The molecular formula is C37H49N3O2. The molecular weight excluding hydrogens is 518 g/mol. The highest BCUT2D eigenvalue weighted by Crippen LogP contribution is 2.44. The second kappa shape index (κ2) is 14.1. The molecule has 2 saturated carbocycles. The number of fused-ring (bicyclic) bond motifs is 1. The average Bonchev–Trinajstić information content (AvgIpc) is 3.45. The van der Waals surface area contributed by atoms with Crippen molar-refractivity contribution < 1.29 is 9.90 Å². The van der Waals surface area contributed by atoms with Crippen LogP contribution in [-0.4, -0.2) is 64.1 Å². The maximum absolute atomic E-state index is 11.9. The SMILES string of the molecule is O=C(O)CN(C1CCCCC1)C1C[C@H](CN2CCC(CCCc3cnc4ccccc4c3)CC2)[C@@H](c2ccccc2)C1. The highest BCUT2D eigenvalue weighted by Gasteiger charge is 2.41. The number of para-hydroxylation sites is 1. The van der Waals surface area contributed by atoms with Gasteiger partial charge < -0.3 is 10.0 Å². The summed E-state index contributed by atoms with van der Waals surface area (Å²) in [5, 5.41) is 11.1. The number of nitrogens with zero attached hydrogens (tertiary/aromatic N) is 3. The molecule has 6 rings (SSSR count). The van der Waals surface area contributed by atoms with Gasteiger partial charge in [0.15, 0.2) is 0 Å². The zero-order valence-corrected chi connectivity index (χ0v) is 25.2. The van der Waals surface area contributed by atoms with E-state index in [1.54, 1.807) is 0 Å². The topological polar surface area (TPSA) is 56.7 Å². The minimum absolute atomic E-state index is 0.199. The average molecular weight is 568 g/mol. The van der Waals surface area contributed by atoms with Crippen LogP contribution in [-0.2, 0) is 11.2 Å². The fourth-order valence-corrected chi connectivity index (χ4v) is 8.44. The number of aryl methyl sites for hydroxylation is 1. The molecule has 1 N–H and O–H groups in total. The number of aliphatic carboxylic acids is 1. The second-order valence-corrected chi connectivity index (χ2v) is 13.4. The number of pyridine rings is 1. The molecule has 2 aromatic carbocycles. The Morgan fingerprint density at radius 1 is 0.905 bits per heavy atom. The lowest BCUT2D eigenvalue weighted by Crippen LogP contribution is -2.46. The molecule has 0 spiro atoms. The summed E-state index contributed by atoms with van der Waals surface area (Å²) in [7, 11) is 0. The molecule has 5 nitrogen and oxygen atoms in total. The predicted octanol–water partition coefficient (Wildman–Crippen LogP) is 7.55. The quantitative estimate of drug-likeness (QED) is 0.259. The molecule has 3 aromatic rings. The van der Waals surface area contributed by atoms with E-state index in [2.05, 4.69) is 81.6 Å². The van der Waals surface area contributed by atoms with Crippen LogP contribution in [0.1, 0.15) is 87.7 Å². The first-order chi connectivity index (χ1) is 20.6. The van der Waals surface area contributed by atoms with Gasteiger partial charge >= 0.3 is 5.97 Å². The van der Waals surface area contributed by atoms with Gasteiger partial charge in [0.05, 0.1) is 12.1 Å². The number of carboxylic acids is 1. The Bertz CT molecular complexity index is 1280. The number of aromatic nitrogens is 1. The van der Waals surface area contributed by atoms with Gasteiger partial charge in [0.2, 0.25) is 0 Å². The van der Waals surface area contributed by atoms with Gasteiger partial charge in [0.1, 0.15) is 0 Å². The fourth-order valence-electron chi connectivity index (χ4n) is 8.44. The van der Waals surface area contributed by atoms with Crippen LogP contribution in [0.5, 0.6) is 0 Å². The lowest BCUT2D eigenvalue weighted by molar-refractivity contribution is -0.140. The summed E-state index contributed by atoms with van der Waals surface area (Å²) in [6.45, 7) is 3.75. The molecule has 0 bridgehead atoms. The van der Waals surface area contributed by atoms with Gasteiger partial charge in [-0.1, -0.05) is 74.2 Å². The summed E-state index contributed by atoms with van der Waals surface area (Å²) in [5.41, 5.74) is 3.89. The molecule has 1 unspecified atom stereocenters. The lowest BCUT2D eigenvalue weighted by Gasteiger charge is -2.38. The Balaban J connectivity index is 1.03. The van der Waals surface area contributed by atoms with Gasteiger partial charge in [-0.2, -0.15) is 0 Å². The van der Waals surface area contributed by atoms with E-state index >= 15 is 0 Å². The molecule has 2 heterocycles. The van der Waals surface area contributed by atoms with Crippen LogP contribution in [0, 0.1) is 11.8 Å². The first-order valence-corrected chi connectivity index (χ1v) is 16.7. The first-order valence-electron chi connectivity index (χ1n) is 16.7. The van der Waals surface area contributed by atoms with Crippen molar-refractivity contribution >= 4 is 16.9 Å². The lowest BCUT2D eigenvalue weighted by atomic mass is 9.87. The van der Waals surface area contributed by atoms with Crippen molar-refractivity contribution in [1.29, 1.82) is 0 Å². The molecule has 1 saturated heterocycles. The molecule has 3 atom stereocenters. The monoisotopic (exact) mass is 567 g/mol.